The lowest BCUT2D eigenvalue weighted by Gasteiger charge is -2.44. The molecule has 3 atom stereocenters. The van der Waals surface area contributed by atoms with E-state index in [1.54, 1.807) is 31.4 Å². The predicted octanol–water partition coefficient (Wildman–Crippen LogP) is 3.42. The zero-order valence-electron chi connectivity index (χ0n) is 22.9. The van der Waals surface area contributed by atoms with Gasteiger partial charge in [-0.2, -0.15) is 0 Å². The second-order valence-corrected chi connectivity index (χ2v) is 10.6. The molecule has 0 saturated heterocycles. The second-order valence-electron chi connectivity index (χ2n) is 10.6. The molecule has 0 bridgehead atoms. The third-order valence-corrected chi connectivity index (χ3v) is 6.20. The van der Waals surface area contributed by atoms with Gasteiger partial charge in [-0.3, -0.25) is 5.32 Å². The molecule has 0 spiro atoms. The molecule has 0 aliphatic rings. The summed E-state index contributed by atoms with van der Waals surface area (Å²) in [5, 5.41) is 20.8. The minimum absolute atomic E-state index is 0.0817. The molecule has 8 nitrogen and oxygen atoms in total. The molecule has 3 unspecified atom stereocenters. The molecule has 3 aromatic carbocycles. The highest BCUT2D eigenvalue weighted by molar-refractivity contribution is 5.92. The quantitative estimate of drug-likeness (QED) is 0.191. The summed E-state index contributed by atoms with van der Waals surface area (Å²) in [6, 6.07) is 23.8. The molecule has 2 amide bonds. The number of carbonyl (C=O) groups excluding carboxylic acids is 2. The van der Waals surface area contributed by atoms with Crippen molar-refractivity contribution in [3.05, 3.63) is 102 Å². The molecule has 206 valence electrons. The zero-order chi connectivity index (χ0) is 28.5. The van der Waals surface area contributed by atoms with E-state index in [1.807, 2.05) is 87.4 Å². The molecule has 0 saturated carbocycles. The number of urea groups is 1. The van der Waals surface area contributed by atoms with Crippen LogP contribution in [-0.2, 0) is 17.8 Å². The van der Waals surface area contributed by atoms with E-state index in [4.69, 9.17) is 10.5 Å². The fraction of sp³-hybridized carbons (Fsp3) is 0.323. The van der Waals surface area contributed by atoms with Crippen LogP contribution in [0.4, 0.5) is 4.79 Å². The molecule has 3 aromatic rings. The first-order valence-electron chi connectivity index (χ1n) is 12.8. The Bertz CT molecular complexity index is 1250. The van der Waals surface area contributed by atoms with Crippen LogP contribution in [0.25, 0.3) is 5.57 Å². The van der Waals surface area contributed by atoms with Gasteiger partial charge in [0, 0.05) is 18.5 Å². The molecule has 0 aromatic heterocycles. The van der Waals surface area contributed by atoms with Gasteiger partial charge in [0.2, 0.25) is 0 Å². The van der Waals surface area contributed by atoms with Crippen molar-refractivity contribution in [2.45, 2.75) is 57.1 Å². The Morgan fingerprint density at radius 2 is 1.54 bits per heavy atom. The van der Waals surface area contributed by atoms with Gasteiger partial charge >= 0.3 is 6.03 Å². The first-order valence-corrected chi connectivity index (χ1v) is 12.8. The Morgan fingerprint density at radius 1 is 0.949 bits per heavy atom. The van der Waals surface area contributed by atoms with E-state index in [2.05, 4.69) is 16.0 Å². The lowest BCUT2D eigenvalue weighted by Crippen LogP contribution is -2.72. The van der Waals surface area contributed by atoms with Gasteiger partial charge in [0.1, 0.15) is 17.8 Å². The molecule has 39 heavy (non-hydrogen) atoms. The van der Waals surface area contributed by atoms with Gasteiger partial charge < -0.3 is 26.2 Å². The van der Waals surface area contributed by atoms with Gasteiger partial charge in [-0.1, -0.05) is 72.8 Å². The summed E-state index contributed by atoms with van der Waals surface area (Å²) in [5.74, 6) is 2.65. The molecule has 3 rings (SSSR count). The topological polar surface area (TPSA) is 126 Å². The Hall–Kier alpha value is -3.94. The van der Waals surface area contributed by atoms with Crippen molar-refractivity contribution < 1.29 is 19.4 Å². The van der Waals surface area contributed by atoms with Gasteiger partial charge in [-0.05, 0) is 49.6 Å². The van der Waals surface area contributed by atoms with E-state index in [9.17, 15) is 14.7 Å². The SMILES string of the molecule is COc1ccc(CC(N)(NC(C)(C)C)C(O)C(NC(=O)NCc2ccccc2)C(=C=O)c2ccccc2)cc1. The van der Waals surface area contributed by atoms with Crippen molar-refractivity contribution in [2.75, 3.05) is 7.11 Å². The molecule has 0 aliphatic heterocycles. The number of benzene rings is 3. The normalized spacial score (nSPS) is 14.3. The molecule has 0 fully saturated rings. The number of ether oxygens (including phenoxy) is 1. The highest BCUT2D eigenvalue weighted by Crippen LogP contribution is 2.26. The first kappa shape index (κ1) is 29.6. The number of aliphatic hydroxyl groups excluding tert-OH is 1. The lowest BCUT2D eigenvalue weighted by molar-refractivity contribution is 0.0321. The summed E-state index contributed by atoms with van der Waals surface area (Å²) in [5.41, 5.74) is 7.30. The summed E-state index contributed by atoms with van der Waals surface area (Å²) in [6.07, 6.45) is -1.24. The minimum Gasteiger partial charge on any atom is -0.497 e. The van der Waals surface area contributed by atoms with Crippen LogP contribution in [0, 0.1) is 0 Å². The Labute approximate surface area is 230 Å². The van der Waals surface area contributed by atoms with Crippen LogP contribution >= 0.6 is 0 Å². The first-order chi connectivity index (χ1) is 18.5. The minimum atomic E-state index is -1.46. The Morgan fingerprint density at radius 3 is 2.08 bits per heavy atom. The van der Waals surface area contributed by atoms with Crippen LogP contribution in [0.2, 0.25) is 0 Å². The average molecular weight is 531 g/mol. The number of methoxy groups -OCH3 is 1. The fourth-order valence-electron chi connectivity index (χ4n) is 4.50. The molecular weight excluding hydrogens is 492 g/mol. The molecule has 6 N–H and O–H groups in total. The predicted molar refractivity (Wildman–Crippen MR) is 154 cm³/mol. The van der Waals surface area contributed by atoms with Crippen molar-refractivity contribution in [2.24, 2.45) is 5.73 Å². The van der Waals surface area contributed by atoms with Crippen LogP contribution in [0.15, 0.2) is 84.9 Å². The summed E-state index contributed by atoms with van der Waals surface area (Å²) in [7, 11) is 1.59. The summed E-state index contributed by atoms with van der Waals surface area (Å²) >= 11 is 0. The fourth-order valence-corrected chi connectivity index (χ4v) is 4.50. The molecule has 0 heterocycles. The van der Waals surface area contributed by atoms with Crippen molar-refractivity contribution in [1.82, 2.24) is 16.0 Å². The molecule has 0 aliphatic carbocycles. The molecule has 8 heteroatoms. The van der Waals surface area contributed by atoms with Crippen molar-refractivity contribution in [3.63, 3.8) is 0 Å². The summed E-state index contributed by atoms with van der Waals surface area (Å²) < 4.78 is 5.26. The number of aliphatic hydroxyl groups is 1. The number of rotatable bonds is 11. The van der Waals surface area contributed by atoms with E-state index in [0.717, 1.165) is 11.1 Å². The monoisotopic (exact) mass is 530 g/mol. The lowest BCUT2D eigenvalue weighted by atomic mass is 9.84. The third kappa shape index (κ3) is 8.53. The van der Waals surface area contributed by atoms with E-state index < -0.39 is 29.4 Å². The van der Waals surface area contributed by atoms with E-state index in [1.165, 1.54) is 0 Å². The Balaban J connectivity index is 1.97. The highest BCUT2D eigenvalue weighted by atomic mass is 16.5. The molecular formula is C31H38N4O4. The van der Waals surface area contributed by atoms with Gasteiger partial charge in [0.25, 0.3) is 0 Å². The summed E-state index contributed by atoms with van der Waals surface area (Å²) in [4.78, 5) is 25.4. The maximum atomic E-state index is 13.1. The highest BCUT2D eigenvalue weighted by Gasteiger charge is 2.44. The van der Waals surface area contributed by atoms with Crippen LogP contribution in [0.1, 0.15) is 37.5 Å². The number of amides is 2. The van der Waals surface area contributed by atoms with Gasteiger partial charge in [-0.15, -0.1) is 0 Å². The number of nitrogens with two attached hydrogens (primary N) is 1. The number of hydrogen-bond acceptors (Lipinski definition) is 6. The largest absolute Gasteiger partial charge is 0.497 e. The van der Waals surface area contributed by atoms with E-state index in [-0.39, 0.29) is 18.5 Å². The van der Waals surface area contributed by atoms with Crippen LogP contribution in [0.3, 0.4) is 0 Å². The van der Waals surface area contributed by atoms with Crippen LogP contribution < -0.4 is 26.4 Å². The smallest absolute Gasteiger partial charge is 0.315 e. The maximum absolute atomic E-state index is 13.1. The number of carbonyl (C=O) groups is 1. The molecule has 0 radical (unpaired) electrons. The maximum Gasteiger partial charge on any atom is 0.315 e. The van der Waals surface area contributed by atoms with Crippen LogP contribution in [0.5, 0.6) is 5.75 Å². The Kier molecular flexibility index (Phi) is 10.0. The van der Waals surface area contributed by atoms with Crippen molar-refractivity contribution in [1.29, 1.82) is 0 Å². The zero-order valence-corrected chi connectivity index (χ0v) is 22.9. The standard InChI is InChI=1S/C31H38N4O4/c1-30(2,3)35-31(32,19-22-15-17-25(39-4)18-16-22)28(37)27(26(21-36)24-13-9-6-10-14-24)34-29(38)33-20-23-11-7-5-8-12-23/h5-18,27-28,35,37H,19-20,32H2,1-4H3,(H2,33,34,38). The van der Waals surface area contributed by atoms with Gasteiger partial charge in [0.05, 0.1) is 24.4 Å². The van der Waals surface area contributed by atoms with E-state index >= 15 is 0 Å². The van der Waals surface area contributed by atoms with Gasteiger partial charge in [0.15, 0.2) is 0 Å². The number of nitrogens with one attached hydrogen (secondary N) is 3. The summed E-state index contributed by atoms with van der Waals surface area (Å²) in [6.45, 7) is 6.05. The second kappa shape index (κ2) is 13.2. The van der Waals surface area contributed by atoms with Crippen molar-refractivity contribution in [3.8, 4) is 5.75 Å². The number of hydrogen-bond donors (Lipinski definition) is 5. The van der Waals surface area contributed by atoms with Crippen molar-refractivity contribution >= 4 is 17.5 Å². The van der Waals surface area contributed by atoms with Crippen LogP contribution in [-0.4, -0.2) is 47.5 Å². The van der Waals surface area contributed by atoms with E-state index in [0.29, 0.717) is 11.3 Å². The third-order valence-electron chi connectivity index (χ3n) is 6.20. The average Bonchev–Trinajstić information content (AvgIpc) is 2.92. The van der Waals surface area contributed by atoms with Gasteiger partial charge in [-0.25, -0.2) is 9.59 Å².